The van der Waals surface area contributed by atoms with E-state index in [1.54, 1.807) is 11.3 Å². The van der Waals surface area contributed by atoms with Gasteiger partial charge in [-0.15, -0.1) is 11.3 Å². The van der Waals surface area contributed by atoms with E-state index >= 15 is 0 Å². The Bertz CT molecular complexity index is 1440. The van der Waals surface area contributed by atoms with E-state index in [0.29, 0.717) is 0 Å². The monoisotopic (exact) mass is 376 g/mol. The van der Waals surface area contributed by atoms with Crippen molar-refractivity contribution in [3.63, 3.8) is 0 Å². The number of benzene rings is 3. The third-order valence-corrected chi connectivity index (χ3v) is 6.21. The van der Waals surface area contributed by atoms with Gasteiger partial charge in [0.05, 0.1) is 16.7 Å². The zero-order valence-corrected chi connectivity index (χ0v) is 15.9. The zero-order chi connectivity index (χ0) is 18.5. The van der Waals surface area contributed by atoms with Crippen LogP contribution in [0.15, 0.2) is 96.5 Å². The summed E-state index contributed by atoms with van der Waals surface area (Å²) in [7, 11) is 0. The number of para-hydroxylation sites is 1. The van der Waals surface area contributed by atoms with E-state index in [2.05, 4.69) is 81.7 Å². The summed E-state index contributed by atoms with van der Waals surface area (Å²) in [5.41, 5.74) is 5.78. The molecule has 0 fully saturated rings. The number of fused-ring (bicyclic) bond motifs is 4. The second kappa shape index (κ2) is 6.04. The van der Waals surface area contributed by atoms with Crippen LogP contribution in [0.4, 0.5) is 0 Å². The summed E-state index contributed by atoms with van der Waals surface area (Å²) in [6.45, 7) is 0. The largest absolute Gasteiger partial charge is 0.309 e. The first kappa shape index (κ1) is 15.6. The molecular formula is C25H16N2S. The number of nitrogens with zero attached hydrogens (tertiary/aromatic N) is 2. The van der Waals surface area contributed by atoms with Gasteiger partial charge >= 0.3 is 0 Å². The number of aromatic nitrogens is 2. The highest BCUT2D eigenvalue weighted by atomic mass is 32.1. The van der Waals surface area contributed by atoms with E-state index in [1.807, 2.05) is 24.4 Å². The molecule has 0 bridgehead atoms. The maximum atomic E-state index is 4.46. The highest BCUT2D eigenvalue weighted by Gasteiger charge is 2.13. The fourth-order valence-corrected chi connectivity index (χ4v) is 4.83. The molecule has 0 radical (unpaired) electrons. The van der Waals surface area contributed by atoms with Crippen LogP contribution in [-0.4, -0.2) is 9.55 Å². The van der Waals surface area contributed by atoms with E-state index < -0.39 is 0 Å². The number of hydrogen-bond acceptors (Lipinski definition) is 2. The van der Waals surface area contributed by atoms with Gasteiger partial charge in [-0.2, -0.15) is 0 Å². The molecule has 0 saturated carbocycles. The molecule has 0 aliphatic rings. The summed E-state index contributed by atoms with van der Waals surface area (Å²) in [5.74, 6) is 0. The smallest absolute Gasteiger partial charge is 0.0701 e. The van der Waals surface area contributed by atoms with Gasteiger partial charge in [0.25, 0.3) is 0 Å². The highest BCUT2D eigenvalue weighted by Crippen LogP contribution is 2.36. The molecule has 3 heteroatoms. The van der Waals surface area contributed by atoms with Gasteiger partial charge in [0.1, 0.15) is 0 Å². The van der Waals surface area contributed by atoms with Crippen molar-refractivity contribution in [2.24, 2.45) is 0 Å². The summed E-state index contributed by atoms with van der Waals surface area (Å²) in [4.78, 5) is 4.46. The van der Waals surface area contributed by atoms with Crippen LogP contribution < -0.4 is 0 Å². The molecule has 3 aromatic carbocycles. The first-order valence-corrected chi connectivity index (χ1v) is 10.2. The molecule has 6 aromatic rings. The standard InChI is InChI=1S/C25H16N2S/c1-2-7-23-20(5-1)21-16-25-18(12-14-28-25)15-24(21)27(23)19-10-8-17(9-11-19)22-6-3-4-13-26-22/h1-16H. The van der Waals surface area contributed by atoms with Crippen LogP contribution in [0.2, 0.25) is 0 Å². The van der Waals surface area contributed by atoms with Crippen LogP contribution in [-0.2, 0) is 0 Å². The molecule has 3 heterocycles. The first-order chi connectivity index (χ1) is 13.9. The van der Waals surface area contributed by atoms with Gasteiger partial charge < -0.3 is 4.57 Å². The molecule has 0 aliphatic heterocycles. The SMILES string of the molecule is c1ccc(-c2ccc(-n3c4ccccc4c4cc5sccc5cc43)cc2)nc1. The lowest BCUT2D eigenvalue weighted by Crippen LogP contribution is -1.93. The van der Waals surface area contributed by atoms with E-state index in [0.717, 1.165) is 11.3 Å². The summed E-state index contributed by atoms with van der Waals surface area (Å²) in [5, 5.41) is 6.06. The van der Waals surface area contributed by atoms with E-state index in [-0.39, 0.29) is 0 Å². The molecule has 0 unspecified atom stereocenters. The van der Waals surface area contributed by atoms with Crippen LogP contribution in [0.3, 0.4) is 0 Å². The fourth-order valence-electron chi connectivity index (χ4n) is 4.02. The molecule has 0 aliphatic carbocycles. The van der Waals surface area contributed by atoms with E-state index in [9.17, 15) is 0 Å². The normalized spacial score (nSPS) is 11.6. The average Bonchev–Trinajstić information content (AvgIpc) is 3.35. The molecule has 0 saturated heterocycles. The van der Waals surface area contributed by atoms with Gasteiger partial charge in [0, 0.05) is 32.9 Å². The quantitative estimate of drug-likeness (QED) is 0.316. The summed E-state index contributed by atoms with van der Waals surface area (Å²) >= 11 is 1.80. The van der Waals surface area contributed by atoms with Gasteiger partial charge in [-0.1, -0.05) is 36.4 Å². The molecule has 3 aromatic heterocycles. The third-order valence-electron chi connectivity index (χ3n) is 5.33. The Morgan fingerprint density at radius 1 is 0.714 bits per heavy atom. The van der Waals surface area contributed by atoms with Gasteiger partial charge in [-0.3, -0.25) is 4.98 Å². The molecule has 0 spiro atoms. The Morgan fingerprint density at radius 3 is 2.43 bits per heavy atom. The van der Waals surface area contributed by atoms with Gasteiger partial charge in [0.15, 0.2) is 0 Å². The molecule has 132 valence electrons. The Balaban J connectivity index is 1.62. The van der Waals surface area contributed by atoms with Crippen molar-refractivity contribution in [1.29, 1.82) is 0 Å². The summed E-state index contributed by atoms with van der Waals surface area (Å²) in [6.07, 6.45) is 1.84. The van der Waals surface area contributed by atoms with Crippen molar-refractivity contribution >= 4 is 43.2 Å². The number of pyridine rings is 1. The van der Waals surface area contributed by atoms with E-state index in [4.69, 9.17) is 0 Å². The van der Waals surface area contributed by atoms with Gasteiger partial charge in [-0.25, -0.2) is 0 Å². The minimum absolute atomic E-state index is 0.997. The second-order valence-electron chi connectivity index (χ2n) is 6.94. The molecule has 0 amide bonds. The molecule has 2 nitrogen and oxygen atoms in total. The summed E-state index contributed by atoms with van der Waals surface area (Å²) < 4.78 is 3.70. The van der Waals surface area contributed by atoms with Crippen LogP contribution in [0.5, 0.6) is 0 Å². The molecule has 28 heavy (non-hydrogen) atoms. The average molecular weight is 376 g/mol. The van der Waals surface area contributed by atoms with Gasteiger partial charge in [-0.05, 0) is 59.3 Å². The van der Waals surface area contributed by atoms with E-state index in [1.165, 1.54) is 37.6 Å². The Morgan fingerprint density at radius 2 is 1.57 bits per heavy atom. The minimum Gasteiger partial charge on any atom is -0.309 e. The first-order valence-electron chi connectivity index (χ1n) is 9.31. The van der Waals surface area contributed by atoms with Crippen LogP contribution in [0, 0.1) is 0 Å². The fraction of sp³-hybridized carbons (Fsp3) is 0. The number of rotatable bonds is 2. The second-order valence-corrected chi connectivity index (χ2v) is 7.89. The van der Waals surface area contributed by atoms with Crippen molar-refractivity contribution in [3.8, 4) is 16.9 Å². The van der Waals surface area contributed by atoms with Crippen molar-refractivity contribution in [3.05, 3.63) is 96.5 Å². The molecular weight excluding hydrogens is 360 g/mol. The maximum Gasteiger partial charge on any atom is 0.0701 e. The van der Waals surface area contributed by atoms with Crippen LogP contribution in [0.1, 0.15) is 0 Å². The van der Waals surface area contributed by atoms with Crippen molar-refractivity contribution in [2.45, 2.75) is 0 Å². The van der Waals surface area contributed by atoms with Crippen LogP contribution >= 0.6 is 11.3 Å². The lowest BCUT2D eigenvalue weighted by atomic mass is 10.1. The Kier molecular flexibility index (Phi) is 3.37. The number of hydrogen-bond donors (Lipinski definition) is 0. The maximum absolute atomic E-state index is 4.46. The predicted octanol–water partition coefficient (Wildman–Crippen LogP) is 7.06. The lowest BCUT2D eigenvalue weighted by Gasteiger charge is -2.09. The molecule has 6 rings (SSSR count). The Hall–Kier alpha value is -3.43. The van der Waals surface area contributed by atoms with Crippen molar-refractivity contribution in [2.75, 3.05) is 0 Å². The number of thiophene rings is 1. The molecule has 0 N–H and O–H groups in total. The zero-order valence-electron chi connectivity index (χ0n) is 15.0. The summed E-state index contributed by atoms with van der Waals surface area (Å²) in [6, 6.07) is 30.2. The topological polar surface area (TPSA) is 17.8 Å². The van der Waals surface area contributed by atoms with Crippen molar-refractivity contribution < 1.29 is 0 Å². The molecule has 0 atom stereocenters. The Labute approximate surface area is 166 Å². The predicted molar refractivity (Wildman–Crippen MR) is 119 cm³/mol. The lowest BCUT2D eigenvalue weighted by molar-refractivity contribution is 1.18. The van der Waals surface area contributed by atoms with Crippen molar-refractivity contribution in [1.82, 2.24) is 9.55 Å². The van der Waals surface area contributed by atoms with Crippen LogP contribution in [0.25, 0.3) is 48.8 Å². The highest BCUT2D eigenvalue weighted by molar-refractivity contribution is 7.17. The minimum atomic E-state index is 0.997. The van der Waals surface area contributed by atoms with Gasteiger partial charge in [0.2, 0.25) is 0 Å². The third kappa shape index (κ3) is 2.30.